The Hall–Kier alpha value is -3.18. The van der Waals surface area contributed by atoms with E-state index in [-0.39, 0.29) is 76.8 Å². The molecule has 0 saturated carbocycles. The summed E-state index contributed by atoms with van der Waals surface area (Å²) in [5.74, 6) is -2.65. The number of hydrogen-bond donors (Lipinski definition) is 2. The topological polar surface area (TPSA) is 163 Å². The Morgan fingerprint density at radius 2 is 0.821 bits per heavy atom. The van der Waals surface area contributed by atoms with Crippen LogP contribution in [0.5, 0.6) is 0 Å². The van der Waals surface area contributed by atoms with Crippen molar-refractivity contribution in [3.63, 3.8) is 0 Å². The fourth-order valence-corrected chi connectivity index (χ4v) is 3.61. The van der Waals surface area contributed by atoms with Crippen LogP contribution >= 0.6 is 0 Å². The second kappa shape index (κ2) is 22.8. The molecule has 0 unspecified atom stereocenters. The Morgan fingerprint density at radius 1 is 0.487 bits per heavy atom. The van der Waals surface area contributed by atoms with Crippen LogP contribution in [0.3, 0.4) is 0 Å². The summed E-state index contributed by atoms with van der Waals surface area (Å²) in [5, 5.41) is 5.27. The normalized spacial score (nSPS) is 12.0. The third-order valence-electron chi connectivity index (χ3n) is 5.51. The standard InChI is InChI=1S/C27H46N2O10/c1-5-36-24(32)18-16-20(26(34)38-7-3)28-22(30)14-12-10-9-11-13-15-23(31)29-21(27(35)39-8-4)17-19-25(33)37-6-2/h20-21H,5-19H2,1-4H3,(H,28,30)(H,29,31)/t20-,21-/m0/s1. The lowest BCUT2D eigenvalue weighted by Gasteiger charge is -2.17. The Bertz CT molecular complexity index is 710. The van der Waals surface area contributed by atoms with Crippen molar-refractivity contribution in [3.05, 3.63) is 0 Å². The van der Waals surface area contributed by atoms with Crippen molar-refractivity contribution >= 4 is 35.7 Å². The van der Waals surface area contributed by atoms with E-state index < -0.39 is 36.0 Å². The number of nitrogens with one attached hydrogen (secondary N) is 2. The smallest absolute Gasteiger partial charge is 0.328 e. The lowest BCUT2D eigenvalue weighted by Crippen LogP contribution is -2.42. The molecule has 0 aliphatic carbocycles. The van der Waals surface area contributed by atoms with Crippen molar-refractivity contribution in [1.82, 2.24) is 10.6 Å². The van der Waals surface area contributed by atoms with Crippen LogP contribution in [0.15, 0.2) is 0 Å². The molecule has 39 heavy (non-hydrogen) atoms. The largest absolute Gasteiger partial charge is 0.466 e. The molecule has 12 nitrogen and oxygen atoms in total. The third-order valence-corrected chi connectivity index (χ3v) is 5.51. The zero-order valence-corrected chi connectivity index (χ0v) is 23.8. The summed E-state index contributed by atoms with van der Waals surface area (Å²) in [5.41, 5.74) is 0. The van der Waals surface area contributed by atoms with E-state index in [0.29, 0.717) is 12.8 Å². The summed E-state index contributed by atoms with van der Waals surface area (Å²) < 4.78 is 19.7. The number of ether oxygens (including phenoxy) is 4. The van der Waals surface area contributed by atoms with E-state index in [1.807, 2.05) is 0 Å². The van der Waals surface area contributed by atoms with Crippen LogP contribution < -0.4 is 10.6 Å². The van der Waals surface area contributed by atoms with Crippen LogP contribution in [-0.2, 0) is 47.7 Å². The van der Waals surface area contributed by atoms with Crippen LogP contribution in [0.25, 0.3) is 0 Å². The molecular weight excluding hydrogens is 512 g/mol. The Balaban J connectivity index is 4.32. The van der Waals surface area contributed by atoms with Gasteiger partial charge in [-0.1, -0.05) is 19.3 Å². The SMILES string of the molecule is CCOC(=O)CC[C@H](NC(=O)CCCCCCCC(=O)N[C@@H](CCC(=O)OCC)C(=O)OCC)C(=O)OCC. The quantitative estimate of drug-likeness (QED) is 0.115. The van der Waals surface area contributed by atoms with Gasteiger partial charge in [0.2, 0.25) is 11.8 Å². The van der Waals surface area contributed by atoms with Crippen molar-refractivity contribution in [2.75, 3.05) is 26.4 Å². The molecule has 0 radical (unpaired) electrons. The molecule has 2 atom stereocenters. The van der Waals surface area contributed by atoms with Crippen LogP contribution in [-0.4, -0.2) is 74.2 Å². The molecule has 0 bridgehead atoms. The predicted molar refractivity (Wildman–Crippen MR) is 141 cm³/mol. The molecule has 0 rings (SSSR count). The summed E-state index contributed by atoms with van der Waals surface area (Å²) in [6.45, 7) is 7.52. The van der Waals surface area contributed by atoms with Crippen molar-refractivity contribution < 1.29 is 47.7 Å². The third kappa shape index (κ3) is 18.7. The van der Waals surface area contributed by atoms with Crippen LogP contribution in [0, 0.1) is 0 Å². The fourth-order valence-electron chi connectivity index (χ4n) is 3.61. The highest BCUT2D eigenvalue weighted by Gasteiger charge is 2.24. The van der Waals surface area contributed by atoms with Gasteiger partial charge >= 0.3 is 23.9 Å². The molecule has 0 fully saturated rings. The zero-order chi connectivity index (χ0) is 29.5. The fraction of sp³-hybridized carbons (Fsp3) is 0.778. The average Bonchev–Trinajstić information content (AvgIpc) is 2.88. The maximum absolute atomic E-state index is 12.3. The minimum atomic E-state index is -0.906. The van der Waals surface area contributed by atoms with E-state index in [1.54, 1.807) is 27.7 Å². The number of carbonyl (C=O) groups excluding carboxylic acids is 6. The number of unbranched alkanes of at least 4 members (excludes halogenated alkanes) is 4. The second-order valence-electron chi connectivity index (χ2n) is 8.70. The number of esters is 4. The summed E-state index contributed by atoms with van der Waals surface area (Å²) in [7, 11) is 0. The number of carbonyl (C=O) groups is 6. The van der Waals surface area contributed by atoms with E-state index in [9.17, 15) is 28.8 Å². The first kappa shape index (κ1) is 35.8. The molecule has 0 aliphatic rings. The van der Waals surface area contributed by atoms with E-state index in [4.69, 9.17) is 18.9 Å². The second-order valence-corrected chi connectivity index (χ2v) is 8.70. The minimum absolute atomic E-state index is 0.00287. The minimum Gasteiger partial charge on any atom is -0.466 e. The van der Waals surface area contributed by atoms with Crippen LogP contribution in [0.4, 0.5) is 0 Å². The maximum Gasteiger partial charge on any atom is 0.328 e. The molecule has 224 valence electrons. The molecule has 2 N–H and O–H groups in total. The lowest BCUT2D eigenvalue weighted by molar-refractivity contribution is -0.149. The van der Waals surface area contributed by atoms with Crippen LogP contribution in [0.2, 0.25) is 0 Å². The zero-order valence-electron chi connectivity index (χ0n) is 23.8. The average molecular weight is 559 g/mol. The van der Waals surface area contributed by atoms with Gasteiger partial charge in [-0.05, 0) is 53.4 Å². The number of rotatable bonds is 22. The first-order valence-corrected chi connectivity index (χ1v) is 13.9. The summed E-state index contributed by atoms with van der Waals surface area (Å²) in [6, 6.07) is -1.81. The van der Waals surface area contributed by atoms with Gasteiger partial charge in [0, 0.05) is 25.7 Å². The lowest BCUT2D eigenvalue weighted by atomic mass is 10.1. The summed E-state index contributed by atoms with van der Waals surface area (Å²) in [6.07, 6.45) is 4.16. The maximum atomic E-state index is 12.3. The van der Waals surface area contributed by atoms with Gasteiger partial charge in [0.05, 0.1) is 26.4 Å². The van der Waals surface area contributed by atoms with E-state index in [2.05, 4.69) is 10.6 Å². The Morgan fingerprint density at radius 3 is 1.15 bits per heavy atom. The van der Waals surface area contributed by atoms with Crippen molar-refractivity contribution in [3.8, 4) is 0 Å². The Kier molecular flexibility index (Phi) is 20.9. The van der Waals surface area contributed by atoms with E-state index >= 15 is 0 Å². The van der Waals surface area contributed by atoms with Gasteiger partial charge in [0.15, 0.2) is 0 Å². The monoisotopic (exact) mass is 558 g/mol. The van der Waals surface area contributed by atoms with Gasteiger partial charge in [0.1, 0.15) is 12.1 Å². The molecule has 0 aromatic rings. The Labute approximate surface area is 231 Å². The van der Waals surface area contributed by atoms with Crippen molar-refractivity contribution in [2.24, 2.45) is 0 Å². The molecular formula is C27H46N2O10. The number of hydrogen-bond acceptors (Lipinski definition) is 10. The van der Waals surface area contributed by atoms with Crippen molar-refractivity contribution in [1.29, 1.82) is 0 Å². The molecule has 2 amide bonds. The van der Waals surface area contributed by atoms with Gasteiger partial charge in [-0.2, -0.15) is 0 Å². The highest BCUT2D eigenvalue weighted by Crippen LogP contribution is 2.10. The first-order valence-electron chi connectivity index (χ1n) is 13.9. The first-order chi connectivity index (χ1) is 18.7. The molecule has 0 heterocycles. The van der Waals surface area contributed by atoms with E-state index in [1.165, 1.54) is 0 Å². The van der Waals surface area contributed by atoms with Gasteiger partial charge in [0.25, 0.3) is 0 Å². The molecule has 0 saturated heterocycles. The van der Waals surface area contributed by atoms with Gasteiger partial charge in [-0.3, -0.25) is 19.2 Å². The molecule has 0 aromatic carbocycles. The molecule has 12 heteroatoms. The molecule has 0 aromatic heterocycles. The van der Waals surface area contributed by atoms with E-state index in [0.717, 1.165) is 19.3 Å². The summed E-state index contributed by atoms with van der Waals surface area (Å²) >= 11 is 0. The predicted octanol–water partition coefficient (Wildman–Crippen LogP) is 2.50. The number of amides is 2. The van der Waals surface area contributed by atoms with Crippen LogP contribution in [0.1, 0.15) is 98.3 Å². The van der Waals surface area contributed by atoms with Crippen molar-refractivity contribution in [2.45, 2.75) is 110 Å². The van der Waals surface area contributed by atoms with Gasteiger partial charge < -0.3 is 29.6 Å². The molecule has 0 spiro atoms. The van der Waals surface area contributed by atoms with Gasteiger partial charge in [-0.25, -0.2) is 9.59 Å². The molecule has 0 aliphatic heterocycles. The highest BCUT2D eigenvalue weighted by atomic mass is 16.5. The highest BCUT2D eigenvalue weighted by molar-refractivity contribution is 5.85. The summed E-state index contributed by atoms with van der Waals surface area (Å²) in [4.78, 5) is 72.0. The van der Waals surface area contributed by atoms with Gasteiger partial charge in [-0.15, -0.1) is 0 Å².